The second kappa shape index (κ2) is 11.9. The van der Waals surface area contributed by atoms with Gasteiger partial charge in [-0.1, -0.05) is 45.0 Å². The Balaban J connectivity index is 1.44. The molecule has 0 aliphatic heterocycles. The van der Waals surface area contributed by atoms with Crippen molar-refractivity contribution in [2.75, 3.05) is 0 Å². The van der Waals surface area contributed by atoms with E-state index in [0.29, 0.717) is 23.8 Å². The fourth-order valence-corrected chi connectivity index (χ4v) is 6.75. The van der Waals surface area contributed by atoms with Crippen molar-refractivity contribution in [2.45, 2.75) is 95.8 Å². The fourth-order valence-electron chi connectivity index (χ4n) is 4.92. The highest BCUT2D eigenvalue weighted by molar-refractivity contribution is 7.90. The normalized spacial score (nSPS) is 17.4. The maximum absolute atomic E-state index is 13.9. The van der Waals surface area contributed by atoms with E-state index in [4.69, 9.17) is 14.4 Å². The van der Waals surface area contributed by atoms with Gasteiger partial charge >= 0.3 is 0 Å². The summed E-state index contributed by atoms with van der Waals surface area (Å²) in [6.07, 6.45) is 1.30. The molecule has 11 heteroatoms. The Hall–Kier alpha value is -2.70. The Morgan fingerprint density at radius 2 is 1.75 bits per heavy atom. The molecule has 3 heterocycles. The second-order valence-electron chi connectivity index (χ2n) is 14.3. The standard InChI is InChI=1S/C33H43F2N5O2SSi/c1-31(2,3)43(41)39-30(24-18-33(34,35)19-24)27-13-10-12-26(38-27)22-15-16-23-20-36-40(28(23)17-22)29-14-9-11-25(37-29)21-42-44(7,8)32(4,5)6/h9-17,20,24,30,39H,18-19,21H2,1-8H3/t30-,43?/m0/s1. The maximum Gasteiger partial charge on any atom is 0.248 e. The van der Waals surface area contributed by atoms with Crippen molar-refractivity contribution in [3.05, 3.63) is 72.2 Å². The molecule has 1 aliphatic rings. The van der Waals surface area contributed by atoms with Gasteiger partial charge in [0.25, 0.3) is 0 Å². The topological polar surface area (TPSA) is 87.9 Å². The van der Waals surface area contributed by atoms with Crippen LogP contribution >= 0.6 is 0 Å². The summed E-state index contributed by atoms with van der Waals surface area (Å²) in [7, 11) is -1.93. The molecular weight excluding hydrogens is 597 g/mol. The van der Waals surface area contributed by atoms with Crippen LogP contribution in [0.2, 0.25) is 18.1 Å². The first-order valence-corrected chi connectivity index (χ1v) is 19.1. The molecule has 0 radical (unpaired) electrons. The number of hydrogen-bond acceptors (Lipinski definition) is 6. The Labute approximate surface area is 263 Å². The molecule has 0 spiro atoms. The summed E-state index contributed by atoms with van der Waals surface area (Å²) >= 11 is -1.44. The smallest absolute Gasteiger partial charge is 0.248 e. The van der Waals surface area contributed by atoms with Crippen LogP contribution in [0.15, 0.2) is 60.8 Å². The number of nitrogens with zero attached hydrogens (tertiary/aromatic N) is 4. The van der Waals surface area contributed by atoms with Gasteiger partial charge in [0.1, 0.15) is 4.75 Å². The predicted molar refractivity (Wildman–Crippen MR) is 176 cm³/mol. The lowest BCUT2D eigenvalue weighted by atomic mass is 9.75. The molecule has 0 bridgehead atoms. The molecule has 7 nitrogen and oxygen atoms in total. The fraction of sp³-hybridized carbons (Fsp3) is 0.485. The van der Waals surface area contributed by atoms with E-state index in [2.05, 4.69) is 43.7 Å². The molecule has 44 heavy (non-hydrogen) atoms. The van der Waals surface area contributed by atoms with Crippen LogP contribution in [0, 0.1) is 5.92 Å². The maximum atomic E-state index is 13.9. The molecule has 236 valence electrons. The molecule has 2 atom stereocenters. The zero-order valence-corrected chi connectivity index (χ0v) is 28.6. The summed E-state index contributed by atoms with van der Waals surface area (Å²) in [6.45, 7) is 17.1. The zero-order chi connectivity index (χ0) is 32.1. The van der Waals surface area contributed by atoms with Crippen LogP contribution < -0.4 is 4.72 Å². The van der Waals surface area contributed by atoms with Crippen LogP contribution in [0.4, 0.5) is 8.78 Å². The molecule has 1 fully saturated rings. The minimum absolute atomic E-state index is 0.104. The molecule has 0 saturated heterocycles. The lowest BCUT2D eigenvalue weighted by Crippen LogP contribution is -2.48. The Morgan fingerprint density at radius 1 is 1.05 bits per heavy atom. The van der Waals surface area contributed by atoms with Gasteiger partial charge in [-0.2, -0.15) is 5.10 Å². The van der Waals surface area contributed by atoms with Gasteiger partial charge in [0.2, 0.25) is 5.92 Å². The van der Waals surface area contributed by atoms with Crippen molar-refractivity contribution >= 4 is 30.6 Å². The lowest BCUT2D eigenvalue weighted by Gasteiger charge is -2.40. The van der Waals surface area contributed by atoms with Gasteiger partial charge in [-0.3, -0.25) is 4.98 Å². The van der Waals surface area contributed by atoms with E-state index in [1.807, 2.05) is 86.2 Å². The minimum Gasteiger partial charge on any atom is -0.598 e. The Kier molecular flexibility index (Phi) is 8.84. The predicted octanol–water partition coefficient (Wildman–Crippen LogP) is 8.14. The van der Waals surface area contributed by atoms with Gasteiger partial charge in [0, 0.05) is 35.2 Å². The van der Waals surface area contributed by atoms with E-state index in [9.17, 15) is 13.3 Å². The van der Waals surface area contributed by atoms with Crippen LogP contribution in [0.1, 0.15) is 71.8 Å². The van der Waals surface area contributed by atoms with Crippen molar-refractivity contribution < 1.29 is 17.8 Å². The van der Waals surface area contributed by atoms with Gasteiger partial charge in [-0.25, -0.2) is 18.4 Å². The van der Waals surface area contributed by atoms with Gasteiger partial charge in [0.05, 0.1) is 41.4 Å². The molecule has 1 N–H and O–H groups in total. The van der Waals surface area contributed by atoms with E-state index in [-0.39, 0.29) is 23.8 Å². The SMILES string of the molecule is CC(C)(C)[S+]([O-])N[C@H](c1cccc(-c2ccc3cnn(-c4cccc(CO[Si](C)(C)C(C)(C)C)n4)c3c2)n1)C1CC(F)(F)C1. The largest absolute Gasteiger partial charge is 0.598 e. The monoisotopic (exact) mass is 639 g/mol. The number of rotatable bonds is 9. The van der Waals surface area contributed by atoms with E-state index in [0.717, 1.165) is 22.2 Å². The molecule has 1 unspecified atom stereocenters. The van der Waals surface area contributed by atoms with Crippen molar-refractivity contribution in [1.82, 2.24) is 24.5 Å². The molecule has 5 rings (SSSR count). The number of halogens is 2. The van der Waals surface area contributed by atoms with E-state index in [1.54, 1.807) is 0 Å². The molecule has 1 aliphatic carbocycles. The highest BCUT2D eigenvalue weighted by atomic mass is 32.2. The summed E-state index contributed by atoms with van der Waals surface area (Å²) < 4.78 is 51.6. The summed E-state index contributed by atoms with van der Waals surface area (Å²) in [5.74, 6) is -2.37. The van der Waals surface area contributed by atoms with Crippen LogP contribution in [-0.4, -0.2) is 43.3 Å². The number of fused-ring (bicyclic) bond motifs is 1. The van der Waals surface area contributed by atoms with Gasteiger partial charge in [-0.05, 0) is 75.2 Å². The molecule has 1 saturated carbocycles. The third kappa shape index (κ3) is 7.07. The number of nitrogens with one attached hydrogen (secondary N) is 1. The molecule has 0 amide bonds. The zero-order valence-electron chi connectivity index (χ0n) is 26.8. The summed E-state index contributed by atoms with van der Waals surface area (Å²) in [5, 5.41) is 5.69. The first-order chi connectivity index (χ1) is 20.4. The van der Waals surface area contributed by atoms with Gasteiger partial charge in [-0.15, -0.1) is 4.72 Å². The van der Waals surface area contributed by atoms with Crippen LogP contribution in [0.5, 0.6) is 0 Å². The number of pyridine rings is 2. The molecule has 1 aromatic carbocycles. The van der Waals surface area contributed by atoms with Gasteiger partial charge < -0.3 is 8.98 Å². The minimum atomic E-state index is -2.70. The average molecular weight is 640 g/mol. The Morgan fingerprint density at radius 3 is 2.41 bits per heavy atom. The Bertz CT molecular complexity index is 1620. The third-order valence-corrected chi connectivity index (χ3v) is 14.8. The number of alkyl halides is 2. The summed E-state index contributed by atoms with van der Waals surface area (Å²) in [6, 6.07) is 16.9. The summed E-state index contributed by atoms with van der Waals surface area (Å²) in [4.78, 5) is 9.77. The van der Waals surface area contributed by atoms with Crippen molar-refractivity contribution in [3.8, 4) is 17.1 Å². The highest BCUT2D eigenvalue weighted by Gasteiger charge is 2.51. The number of hydrogen-bond donors (Lipinski definition) is 1. The van der Waals surface area contributed by atoms with E-state index >= 15 is 0 Å². The van der Waals surface area contributed by atoms with Crippen molar-refractivity contribution in [3.63, 3.8) is 0 Å². The second-order valence-corrected chi connectivity index (χ2v) is 21.1. The van der Waals surface area contributed by atoms with Gasteiger partial charge in [0.15, 0.2) is 14.1 Å². The average Bonchev–Trinajstić information content (AvgIpc) is 3.36. The third-order valence-electron chi connectivity index (χ3n) is 8.74. The first-order valence-electron chi connectivity index (χ1n) is 15.0. The van der Waals surface area contributed by atoms with Crippen LogP contribution in [0.3, 0.4) is 0 Å². The number of aromatic nitrogens is 4. The van der Waals surface area contributed by atoms with Crippen LogP contribution in [0.25, 0.3) is 28.0 Å². The lowest BCUT2D eigenvalue weighted by molar-refractivity contribution is -0.118. The van der Waals surface area contributed by atoms with E-state index in [1.165, 1.54) is 0 Å². The molecular formula is C33H43F2N5O2SSi. The van der Waals surface area contributed by atoms with Crippen molar-refractivity contribution in [1.29, 1.82) is 0 Å². The number of benzene rings is 1. The van der Waals surface area contributed by atoms with Crippen LogP contribution in [-0.2, 0) is 22.4 Å². The van der Waals surface area contributed by atoms with E-state index < -0.39 is 36.4 Å². The first kappa shape index (κ1) is 32.7. The summed E-state index contributed by atoms with van der Waals surface area (Å²) in [5.41, 5.74) is 3.86. The van der Waals surface area contributed by atoms with Crippen molar-refractivity contribution in [2.24, 2.45) is 5.92 Å². The molecule has 3 aromatic heterocycles. The quantitative estimate of drug-likeness (QED) is 0.147. The molecule has 4 aromatic rings. The highest BCUT2D eigenvalue weighted by Crippen LogP contribution is 2.48.